The number of oxime groups is 1. The van der Waals surface area contributed by atoms with Crippen LogP contribution in [0.4, 0.5) is 0 Å². The van der Waals surface area contributed by atoms with E-state index in [2.05, 4.69) is 5.16 Å². The van der Waals surface area contributed by atoms with Crippen molar-refractivity contribution in [2.24, 2.45) is 10.9 Å². The van der Waals surface area contributed by atoms with Gasteiger partial charge < -0.3 is 15.7 Å². The van der Waals surface area contributed by atoms with Gasteiger partial charge in [-0.3, -0.25) is 10.6 Å². The minimum atomic E-state index is -0.168. The molecule has 0 radical (unpaired) electrons. The van der Waals surface area contributed by atoms with Gasteiger partial charge in [0.05, 0.1) is 12.2 Å². The summed E-state index contributed by atoms with van der Waals surface area (Å²) in [5.74, 6) is 0.168. The van der Waals surface area contributed by atoms with E-state index >= 15 is 0 Å². The summed E-state index contributed by atoms with van der Waals surface area (Å²) >= 11 is 0. The highest BCUT2D eigenvalue weighted by Gasteiger charge is 2.11. The number of nitrogens with two attached hydrogens (primary N) is 1. The van der Waals surface area contributed by atoms with Crippen LogP contribution in [0.5, 0.6) is 5.75 Å². The fourth-order valence-corrected chi connectivity index (χ4v) is 1.37. The Morgan fingerprint density at radius 3 is 2.78 bits per heavy atom. The SMILES string of the molecule is CCCOc1ccc(C(=NO)NO)cc1C(=N)N. The third-order valence-corrected chi connectivity index (χ3v) is 2.21. The highest BCUT2D eigenvalue weighted by molar-refractivity contribution is 6.03. The largest absolute Gasteiger partial charge is 0.493 e. The van der Waals surface area contributed by atoms with E-state index in [0.717, 1.165) is 6.42 Å². The number of amidine groups is 2. The molecule has 1 aromatic carbocycles. The van der Waals surface area contributed by atoms with Gasteiger partial charge in [0.25, 0.3) is 0 Å². The number of hydrogen-bond donors (Lipinski definition) is 5. The number of rotatable bonds is 5. The monoisotopic (exact) mass is 252 g/mol. The van der Waals surface area contributed by atoms with E-state index in [4.69, 9.17) is 26.3 Å². The molecule has 0 aliphatic heterocycles. The Bertz CT molecular complexity index is 460. The Morgan fingerprint density at radius 1 is 1.56 bits per heavy atom. The molecule has 0 heterocycles. The molecular formula is C11H16N4O3. The Labute approximate surface area is 104 Å². The van der Waals surface area contributed by atoms with Gasteiger partial charge in [0.1, 0.15) is 11.6 Å². The van der Waals surface area contributed by atoms with Crippen LogP contribution >= 0.6 is 0 Å². The van der Waals surface area contributed by atoms with E-state index in [1.807, 2.05) is 6.92 Å². The molecule has 0 atom stereocenters. The fourth-order valence-electron chi connectivity index (χ4n) is 1.37. The third-order valence-electron chi connectivity index (χ3n) is 2.21. The third kappa shape index (κ3) is 3.11. The Morgan fingerprint density at radius 2 is 2.28 bits per heavy atom. The maximum atomic E-state index is 8.76. The lowest BCUT2D eigenvalue weighted by Gasteiger charge is -2.11. The molecule has 1 rings (SSSR count). The van der Waals surface area contributed by atoms with Crippen molar-refractivity contribution < 1.29 is 15.2 Å². The first-order valence-corrected chi connectivity index (χ1v) is 5.37. The normalized spacial score (nSPS) is 11.1. The number of ether oxygens (including phenoxy) is 1. The molecule has 0 aromatic heterocycles. The zero-order valence-corrected chi connectivity index (χ0v) is 9.97. The summed E-state index contributed by atoms with van der Waals surface area (Å²) in [5, 5.41) is 27.8. The molecule has 0 unspecified atom stereocenters. The van der Waals surface area contributed by atoms with Gasteiger partial charge in [-0.15, -0.1) is 0 Å². The van der Waals surface area contributed by atoms with E-state index in [-0.39, 0.29) is 11.7 Å². The first kappa shape index (κ1) is 13.8. The number of nitrogens with zero attached hydrogens (tertiary/aromatic N) is 1. The molecule has 0 saturated heterocycles. The zero-order valence-electron chi connectivity index (χ0n) is 9.97. The van der Waals surface area contributed by atoms with Gasteiger partial charge in [0.2, 0.25) is 0 Å². The Balaban J connectivity index is 3.14. The predicted molar refractivity (Wildman–Crippen MR) is 66.5 cm³/mol. The molecule has 7 nitrogen and oxygen atoms in total. The van der Waals surface area contributed by atoms with Crippen LogP contribution in [0.25, 0.3) is 0 Å². The molecule has 0 fully saturated rings. The van der Waals surface area contributed by atoms with Gasteiger partial charge in [-0.05, 0) is 24.6 Å². The summed E-state index contributed by atoms with van der Waals surface area (Å²) in [6.07, 6.45) is 0.834. The number of nitrogens with one attached hydrogen (secondary N) is 2. The van der Waals surface area contributed by atoms with Crippen LogP contribution in [0.2, 0.25) is 0 Å². The number of hydroxylamine groups is 1. The summed E-state index contributed by atoms with van der Waals surface area (Å²) in [6.45, 7) is 2.48. The predicted octanol–water partition coefficient (Wildman–Crippen LogP) is 0.874. The van der Waals surface area contributed by atoms with Crippen molar-refractivity contribution in [1.29, 1.82) is 5.41 Å². The summed E-state index contributed by atoms with van der Waals surface area (Å²) < 4.78 is 5.44. The second-order valence-electron chi connectivity index (χ2n) is 3.53. The Kier molecular flexibility index (Phi) is 4.94. The molecule has 0 aliphatic carbocycles. The van der Waals surface area contributed by atoms with Gasteiger partial charge >= 0.3 is 0 Å². The maximum absolute atomic E-state index is 8.76. The van der Waals surface area contributed by atoms with Gasteiger partial charge in [-0.25, -0.2) is 5.48 Å². The molecule has 1 aromatic rings. The van der Waals surface area contributed by atoms with Crippen LogP contribution in [0.1, 0.15) is 24.5 Å². The summed E-state index contributed by atoms with van der Waals surface area (Å²) in [5.41, 5.74) is 7.96. The van der Waals surface area contributed by atoms with Crippen LogP contribution in [-0.2, 0) is 0 Å². The quantitative estimate of drug-likeness (QED) is 0.230. The lowest BCUT2D eigenvalue weighted by atomic mass is 10.1. The molecule has 0 amide bonds. The highest BCUT2D eigenvalue weighted by Crippen LogP contribution is 2.20. The van der Waals surface area contributed by atoms with E-state index in [0.29, 0.717) is 23.5 Å². The molecule has 0 bridgehead atoms. The minimum Gasteiger partial charge on any atom is -0.493 e. The lowest BCUT2D eigenvalue weighted by molar-refractivity contribution is 0.223. The van der Waals surface area contributed by atoms with Crippen LogP contribution in [0.15, 0.2) is 23.4 Å². The topological polar surface area (TPSA) is 124 Å². The molecule has 0 aliphatic rings. The number of hydrogen-bond acceptors (Lipinski definition) is 5. The lowest BCUT2D eigenvalue weighted by Crippen LogP contribution is -2.21. The summed E-state index contributed by atoms with van der Waals surface area (Å²) in [4.78, 5) is 0. The van der Waals surface area contributed by atoms with Crippen LogP contribution in [0.3, 0.4) is 0 Å². The van der Waals surface area contributed by atoms with Crippen molar-refractivity contribution in [1.82, 2.24) is 5.48 Å². The first-order chi connectivity index (χ1) is 8.63. The first-order valence-electron chi connectivity index (χ1n) is 5.37. The van der Waals surface area contributed by atoms with E-state index in [1.54, 1.807) is 17.6 Å². The summed E-state index contributed by atoms with van der Waals surface area (Å²) in [6, 6.07) is 4.67. The van der Waals surface area contributed by atoms with E-state index < -0.39 is 0 Å². The summed E-state index contributed by atoms with van der Waals surface area (Å²) in [7, 11) is 0. The standard InChI is InChI=1S/C11H16N4O3/c1-2-5-18-9-4-3-7(11(14-16)15-17)6-8(9)10(12)13/h3-4,6,16-17H,2,5H2,1H3,(H3,12,13)(H,14,15). The number of nitrogen functional groups attached to an aromatic ring is 1. The van der Waals surface area contributed by atoms with Crippen LogP contribution < -0.4 is 16.0 Å². The molecule has 6 N–H and O–H groups in total. The van der Waals surface area contributed by atoms with Crippen molar-refractivity contribution in [3.8, 4) is 5.75 Å². The van der Waals surface area contributed by atoms with Crippen LogP contribution in [-0.4, -0.2) is 28.7 Å². The molecule has 0 saturated carbocycles. The van der Waals surface area contributed by atoms with Crippen molar-refractivity contribution in [2.45, 2.75) is 13.3 Å². The average Bonchev–Trinajstić information content (AvgIpc) is 2.38. The van der Waals surface area contributed by atoms with Gasteiger partial charge in [0, 0.05) is 5.56 Å². The van der Waals surface area contributed by atoms with Crippen LogP contribution in [0, 0.1) is 5.41 Å². The fraction of sp³-hybridized carbons (Fsp3) is 0.273. The average molecular weight is 252 g/mol. The van der Waals surface area contributed by atoms with Gasteiger partial charge in [0.15, 0.2) is 5.84 Å². The Hall–Kier alpha value is -2.28. The van der Waals surface area contributed by atoms with Gasteiger partial charge in [-0.1, -0.05) is 12.1 Å². The second kappa shape index (κ2) is 6.45. The van der Waals surface area contributed by atoms with Crippen molar-refractivity contribution in [3.63, 3.8) is 0 Å². The van der Waals surface area contributed by atoms with Crippen molar-refractivity contribution in [3.05, 3.63) is 29.3 Å². The molecule has 0 spiro atoms. The molecule has 18 heavy (non-hydrogen) atoms. The van der Waals surface area contributed by atoms with E-state index in [1.165, 1.54) is 6.07 Å². The smallest absolute Gasteiger partial charge is 0.196 e. The zero-order chi connectivity index (χ0) is 13.5. The maximum Gasteiger partial charge on any atom is 0.196 e. The second-order valence-corrected chi connectivity index (χ2v) is 3.53. The minimum absolute atomic E-state index is 0.139. The highest BCUT2D eigenvalue weighted by atomic mass is 16.5. The van der Waals surface area contributed by atoms with E-state index in [9.17, 15) is 0 Å². The van der Waals surface area contributed by atoms with Crippen molar-refractivity contribution >= 4 is 11.7 Å². The molecule has 7 heteroatoms. The number of benzene rings is 1. The van der Waals surface area contributed by atoms with Gasteiger partial charge in [-0.2, -0.15) is 0 Å². The molecule has 98 valence electrons. The van der Waals surface area contributed by atoms with Crippen molar-refractivity contribution in [2.75, 3.05) is 6.61 Å². The molecular weight excluding hydrogens is 236 g/mol.